The molecule has 3 aromatic rings. The zero-order valence-corrected chi connectivity index (χ0v) is 17.8. The summed E-state index contributed by atoms with van der Waals surface area (Å²) in [6.45, 7) is 3.35. The maximum atomic E-state index is 12.9. The first-order valence-electron chi connectivity index (χ1n) is 9.07. The van der Waals surface area contributed by atoms with Crippen LogP contribution in [0.2, 0.25) is 0 Å². The Balaban J connectivity index is 1.88. The largest absolute Gasteiger partial charge is 0.497 e. The molecule has 0 aliphatic carbocycles. The molecular weight excluding hydrogens is 410 g/mol. The molecule has 3 rings (SSSR count). The van der Waals surface area contributed by atoms with Crippen LogP contribution in [0.15, 0.2) is 29.3 Å². The van der Waals surface area contributed by atoms with Gasteiger partial charge in [0.1, 0.15) is 27.8 Å². The van der Waals surface area contributed by atoms with Gasteiger partial charge in [0.25, 0.3) is 5.56 Å². The van der Waals surface area contributed by atoms with Gasteiger partial charge in [-0.2, -0.15) is 0 Å². The second-order valence-corrected chi connectivity index (χ2v) is 7.25. The summed E-state index contributed by atoms with van der Waals surface area (Å²) in [5.74, 6) is 0.0692. The lowest BCUT2D eigenvalue weighted by Gasteiger charge is -2.12. The van der Waals surface area contributed by atoms with Crippen LogP contribution in [0.5, 0.6) is 11.5 Å². The number of thiophene rings is 1. The molecule has 158 valence electrons. The Labute approximate surface area is 176 Å². The molecule has 9 nitrogen and oxygen atoms in total. The van der Waals surface area contributed by atoms with Gasteiger partial charge in [-0.15, -0.1) is 11.3 Å². The molecule has 0 saturated carbocycles. The van der Waals surface area contributed by atoms with Crippen molar-refractivity contribution in [1.82, 2.24) is 9.55 Å². The lowest BCUT2D eigenvalue weighted by molar-refractivity contribution is -0.116. The van der Waals surface area contributed by atoms with Crippen molar-refractivity contribution in [1.29, 1.82) is 0 Å². The summed E-state index contributed by atoms with van der Waals surface area (Å²) < 4.78 is 16.6. The number of nitrogens with zero attached hydrogens (tertiary/aromatic N) is 2. The van der Waals surface area contributed by atoms with Crippen LogP contribution in [0, 0.1) is 6.92 Å². The molecule has 0 fully saturated rings. The first-order valence-corrected chi connectivity index (χ1v) is 9.88. The highest BCUT2D eigenvalue weighted by atomic mass is 32.1. The van der Waals surface area contributed by atoms with E-state index in [9.17, 15) is 14.4 Å². The molecule has 0 atom stereocenters. The molecule has 0 aliphatic rings. The predicted octanol–water partition coefficient (Wildman–Crippen LogP) is 2.60. The zero-order valence-electron chi connectivity index (χ0n) is 17.0. The Morgan fingerprint density at radius 2 is 2.00 bits per heavy atom. The fourth-order valence-corrected chi connectivity index (χ4v) is 3.95. The number of methoxy groups -OCH3 is 2. The SMILES string of the molecule is CCOC(=O)c1sc2ncn(CC(=O)Nc3cc(OC)ccc3OC)c(=O)c2c1C. The van der Waals surface area contributed by atoms with Crippen LogP contribution < -0.4 is 20.3 Å². The van der Waals surface area contributed by atoms with Gasteiger partial charge in [-0.1, -0.05) is 0 Å². The number of rotatable bonds is 7. The van der Waals surface area contributed by atoms with Gasteiger partial charge < -0.3 is 19.5 Å². The van der Waals surface area contributed by atoms with Gasteiger partial charge in [0.2, 0.25) is 5.91 Å². The molecular formula is C20H21N3O6S. The number of amides is 1. The maximum Gasteiger partial charge on any atom is 0.348 e. The third-order valence-electron chi connectivity index (χ3n) is 4.37. The molecule has 1 N–H and O–H groups in total. The molecule has 0 spiro atoms. The van der Waals surface area contributed by atoms with Crippen LogP contribution in [-0.4, -0.2) is 42.3 Å². The van der Waals surface area contributed by atoms with Crippen molar-refractivity contribution in [2.24, 2.45) is 0 Å². The summed E-state index contributed by atoms with van der Waals surface area (Å²) in [5.41, 5.74) is 0.507. The molecule has 1 amide bonds. The number of ether oxygens (including phenoxy) is 3. The number of hydrogen-bond acceptors (Lipinski definition) is 8. The molecule has 0 radical (unpaired) electrons. The first-order chi connectivity index (χ1) is 14.4. The average Bonchev–Trinajstić information content (AvgIpc) is 3.07. The van der Waals surface area contributed by atoms with Gasteiger partial charge in [0.15, 0.2) is 0 Å². The smallest absolute Gasteiger partial charge is 0.348 e. The van der Waals surface area contributed by atoms with Crippen molar-refractivity contribution in [2.75, 3.05) is 26.1 Å². The van der Waals surface area contributed by atoms with Crippen molar-refractivity contribution >= 4 is 39.1 Å². The molecule has 2 heterocycles. The van der Waals surface area contributed by atoms with Crippen LogP contribution in [0.25, 0.3) is 10.2 Å². The van der Waals surface area contributed by atoms with E-state index in [-0.39, 0.29) is 13.2 Å². The first kappa shape index (κ1) is 21.3. The van der Waals surface area contributed by atoms with E-state index in [1.54, 1.807) is 32.0 Å². The Morgan fingerprint density at radius 1 is 1.23 bits per heavy atom. The van der Waals surface area contributed by atoms with Crippen LogP contribution in [0.1, 0.15) is 22.2 Å². The van der Waals surface area contributed by atoms with E-state index in [1.165, 1.54) is 25.1 Å². The van der Waals surface area contributed by atoms with Crippen LogP contribution in [0.4, 0.5) is 5.69 Å². The second kappa shape index (κ2) is 8.95. The number of anilines is 1. The zero-order chi connectivity index (χ0) is 21.8. The molecule has 0 saturated heterocycles. The molecule has 0 aliphatic heterocycles. The van der Waals surface area contributed by atoms with Crippen LogP contribution in [-0.2, 0) is 16.1 Å². The number of carbonyl (C=O) groups is 2. The number of hydrogen-bond donors (Lipinski definition) is 1. The van der Waals surface area contributed by atoms with Gasteiger partial charge in [0.05, 0.1) is 38.2 Å². The molecule has 10 heteroatoms. The normalized spacial score (nSPS) is 10.7. The Kier molecular flexibility index (Phi) is 6.36. The highest BCUT2D eigenvalue weighted by Crippen LogP contribution is 2.29. The fraction of sp³-hybridized carbons (Fsp3) is 0.300. The number of carbonyl (C=O) groups excluding carboxylic acids is 2. The topological polar surface area (TPSA) is 109 Å². The lowest BCUT2D eigenvalue weighted by Crippen LogP contribution is -2.28. The predicted molar refractivity (Wildman–Crippen MR) is 113 cm³/mol. The van der Waals surface area contributed by atoms with Crippen molar-refractivity contribution in [3.63, 3.8) is 0 Å². The highest BCUT2D eigenvalue weighted by molar-refractivity contribution is 7.20. The Hall–Kier alpha value is -3.40. The van der Waals surface area contributed by atoms with E-state index in [4.69, 9.17) is 14.2 Å². The number of esters is 1. The summed E-state index contributed by atoms with van der Waals surface area (Å²) in [6, 6.07) is 4.99. The highest BCUT2D eigenvalue weighted by Gasteiger charge is 2.21. The molecule has 0 unspecified atom stereocenters. The number of aryl methyl sites for hydroxylation is 1. The van der Waals surface area contributed by atoms with E-state index in [0.717, 1.165) is 11.3 Å². The van der Waals surface area contributed by atoms with Gasteiger partial charge in [-0.3, -0.25) is 14.2 Å². The number of fused-ring (bicyclic) bond motifs is 1. The van der Waals surface area contributed by atoms with Gasteiger partial charge in [-0.05, 0) is 31.5 Å². The third kappa shape index (κ3) is 4.13. The maximum absolute atomic E-state index is 12.9. The van der Waals surface area contributed by atoms with E-state index in [2.05, 4.69) is 10.3 Å². The van der Waals surface area contributed by atoms with E-state index in [0.29, 0.717) is 37.8 Å². The van der Waals surface area contributed by atoms with E-state index < -0.39 is 17.4 Å². The average molecular weight is 431 g/mol. The Bertz CT molecular complexity index is 1170. The molecule has 0 bridgehead atoms. The standard InChI is InChI=1S/C20H21N3O6S/c1-5-29-20(26)17-11(2)16-18(30-17)21-10-23(19(16)25)9-15(24)22-13-8-12(27-3)6-7-14(13)28-4/h6-8,10H,5,9H2,1-4H3,(H,22,24). The quantitative estimate of drug-likeness (QED) is 0.573. The summed E-state index contributed by atoms with van der Waals surface area (Å²) >= 11 is 1.10. The molecule has 1 aromatic carbocycles. The van der Waals surface area contributed by atoms with Crippen molar-refractivity contribution < 1.29 is 23.8 Å². The van der Waals surface area contributed by atoms with Crippen molar-refractivity contribution in [3.05, 3.63) is 45.3 Å². The summed E-state index contributed by atoms with van der Waals surface area (Å²) in [6.07, 6.45) is 1.29. The van der Waals surface area contributed by atoms with E-state index >= 15 is 0 Å². The minimum Gasteiger partial charge on any atom is -0.497 e. The van der Waals surface area contributed by atoms with Gasteiger partial charge in [0, 0.05) is 6.07 Å². The second-order valence-electron chi connectivity index (χ2n) is 6.25. The third-order valence-corrected chi connectivity index (χ3v) is 5.55. The van der Waals surface area contributed by atoms with Crippen molar-refractivity contribution in [3.8, 4) is 11.5 Å². The summed E-state index contributed by atoms with van der Waals surface area (Å²) in [5, 5.41) is 3.01. The summed E-state index contributed by atoms with van der Waals surface area (Å²) in [4.78, 5) is 42.5. The Morgan fingerprint density at radius 3 is 2.67 bits per heavy atom. The lowest BCUT2D eigenvalue weighted by atomic mass is 10.2. The fourth-order valence-electron chi connectivity index (χ4n) is 2.92. The summed E-state index contributed by atoms with van der Waals surface area (Å²) in [7, 11) is 3.00. The van der Waals surface area contributed by atoms with Crippen LogP contribution in [0.3, 0.4) is 0 Å². The minimum absolute atomic E-state index is 0.234. The monoisotopic (exact) mass is 431 g/mol. The number of benzene rings is 1. The minimum atomic E-state index is -0.494. The van der Waals surface area contributed by atoms with Gasteiger partial charge >= 0.3 is 5.97 Å². The van der Waals surface area contributed by atoms with Gasteiger partial charge in [-0.25, -0.2) is 9.78 Å². The van der Waals surface area contributed by atoms with Crippen molar-refractivity contribution in [2.45, 2.75) is 20.4 Å². The number of nitrogens with one attached hydrogen (secondary N) is 1. The molecule has 2 aromatic heterocycles. The molecule has 30 heavy (non-hydrogen) atoms. The van der Waals surface area contributed by atoms with E-state index in [1.807, 2.05) is 0 Å². The number of aromatic nitrogens is 2. The van der Waals surface area contributed by atoms with Crippen LogP contribution >= 0.6 is 11.3 Å².